The predicted octanol–water partition coefficient (Wildman–Crippen LogP) is 8.41. The Balaban J connectivity index is 2.05. The molecule has 33 heavy (non-hydrogen) atoms. The number of rotatable bonds is 20. The Morgan fingerprint density at radius 2 is 1.09 bits per heavy atom. The summed E-state index contributed by atoms with van der Waals surface area (Å²) in [6, 6.07) is 0. The fraction of sp³-hybridized carbons (Fsp3) is 0.931. The van der Waals surface area contributed by atoms with E-state index in [2.05, 4.69) is 20.8 Å². The molecule has 0 amide bonds. The molecule has 0 bridgehead atoms. The molecule has 1 rings (SSSR count). The van der Waals surface area contributed by atoms with Crippen molar-refractivity contribution in [1.82, 2.24) is 0 Å². The van der Waals surface area contributed by atoms with Crippen LogP contribution in [0.3, 0.4) is 0 Å². The zero-order valence-electron chi connectivity index (χ0n) is 22.2. The van der Waals surface area contributed by atoms with Crippen molar-refractivity contribution in [3.05, 3.63) is 0 Å². The third-order valence-electron chi connectivity index (χ3n) is 7.00. The second-order valence-corrected chi connectivity index (χ2v) is 10.7. The van der Waals surface area contributed by atoms with E-state index in [9.17, 15) is 9.59 Å². The Labute approximate surface area is 205 Å². The topological polar surface area (TPSA) is 52.6 Å². The maximum absolute atomic E-state index is 12.5. The fourth-order valence-electron chi connectivity index (χ4n) is 4.80. The Kier molecular flexibility index (Phi) is 18.5. The van der Waals surface area contributed by atoms with E-state index in [0.29, 0.717) is 19.6 Å². The Morgan fingerprint density at radius 1 is 0.667 bits per heavy atom. The standard InChI is InChI=1S/C29H54O4/c1-4-5-6-7-8-10-13-16-22-32-28(30)26-20-18-21-27(24-26)29(31)33-23-17-14-11-9-12-15-19-25(2)3/h25-27H,4-24H2,1-3H3. The Morgan fingerprint density at radius 3 is 1.55 bits per heavy atom. The molecular weight excluding hydrogens is 412 g/mol. The van der Waals surface area contributed by atoms with Gasteiger partial charge in [-0.25, -0.2) is 0 Å². The van der Waals surface area contributed by atoms with Gasteiger partial charge in [0.15, 0.2) is 0 Å². The summed E-state index contributed by atoms with van der Waals surface area (Å²) in [4.78, 5) is 24.9. The summed E-state index contributed by atoms with van der Waals surface area (Å²) in [6.07, 6.45) is 21.7. The number of unbranched alkanes of at least 4 members (excludes halogenated alkanes) is 12. The van der Waals surface area contributed by atoms with Crippen LogP contribution in [0, 0.1) is 17.8 Å². The van der Waals surface area contributed by atoms with Crippen molar-refractivity contribution in [2.45, 2.75) is 143 Å². The molecule has 0 saturated heterocycles. The normalized spacial score (nSPS) is 18.4. The lowest BCUT2D eigenvalue weighted by molar-refractivity contribution is -0.155. The van der Waals surface area contributed by atoms with Crippen molar-refractivity contribution in [1.29, 1.82) is 0 Å². The molecule has 0 aromatic carbocycles. The fourth-order valence-corrected chi connectivity index (χ4v) is 4.80. The van der Waals surface area contributed by atoms with Gasteiger partial charge in [0.1, 0.15) is 0 Å². The van der Waals surface area contributed by atoms with Crippen LogP contribution in [-0.2, 0) is 19.1 Å². The lowest BCUT2D eigenvalue weighted by Gasteiger charge is -2.26. The molecule has 4 nitrogen and oxygen atoms in total. The van der Waals surface area contributed by atoms with Crippen LogP contribution < -0.4 is 0 Å². The largest absolute Gasteiger partial charge is 0.465 e. The van der Waals surface area contributed by atoms with E-state index in [0.717, 1.165) is 50.9 Å². The first-order chi connectivity index (χ1) is 16.0. The maximum Gasteiger partial charge on any atom is 0.308 e. The zero-order valence-corrected chi connectivity index (χ0v) is 22.2. The lowest BCUT2D eigenvalue weighted by Crippen LogP contribution is -2.30. The summed E-state index contributed by atoms with van der Waals surface area (Å²) >= 11 is 0. The van der Waals surface area contributed by atoms with Crippen LogP contribution in [0.4, 0.5) is 0 Å². The van der Waals surface area contributed by atoms with E-state index >= 15 is 0 Å². The van der Waals surface area contributed by atoms with E-state index in [1.807, 2.05) is 0 Å². The molecule has 1 aliphatic rings. The van der Waals surface area contributed by atoms with Crippen LogP contribution in [-0.4, -0.2) is 25.2 Å². The van der Waals surface area contributed by atoms with Gasteiger partial charge in [-0.1, -0.05) is 111 Å². The van der Waals surface area contributed by atoms with Gasteiger partial charge in [0.2, 0.25) is 0 Å². The molecule has 2 unspecified atom stereocenters. The molecule has 0 heterocycles. The van der Waals surface area contributed by atoms with Gasteiger partial charge in [-0.15, -0.1) is 0 Å². The molecule has 0 spiro atoms. The molecule has 1 saturated carbocycles. The molecule has 0 aromatic rings. The number of carbonyl (C=O) groups is 2. The van der Waals surface area contributed by atoms with Crippen LogP contribution >= 0.6 is 0 Å². The molecule has 4 heteroatoms. The number of ether oxygens (including phenoxy) is 2. The number of hydrogen-bond acceptors (Lipinski definition) is 4. The van der Waals surface area contributed by atoms with Crippen molar-refractivity contribution >= 4 is 11.9 Å². The van der Waals surface area contributed by atoms with E-state index in [-0.39, 0.29) is 23.8 Å². The van der Waals surface area contributed by atoms with Crippen molar-refractivity contribution < 1.29 is 19.1 Å². The minimum absolute atomic E-state index is 0.104. The minimum atomic E-state index is -0.129. The third kappa shape index (κ3) is 16.2. The van der Waals surface area contributed by atoms with Gasteiger partial charge in [0.25, 0.3) is 0 Å². The average Bonchev–Trinajstić information content (AvgIpc) is 2.81. The highest BCUT2D eigenvalue weighted by molar-refractivity contribution is 5.76. The van der Waals surface area contributed by atoms with Gasteiger partial charge >= 0.3 is 11.9 Å². The van der Waals surface area contributed by atoms with E-state index in [4.69, 9.17) is 9.47 Å². The lowest BCUT2D eigenvalue weighted by atomic mass is 9.81. The van der Waals surface area contributed by atoms with Gasteiger partial charge in [-0.2, -0.15) is 0 Å². The Hall–Kier alpha value is -1.06. The molecule has 0 aromatic heterocycles. The molecular formula is C29H54O4. The first kappa shape index (κ1) is 30.0. The van der Waals surface area contributed by atoms with E-state index in [1.165, 1.54) is 70.6 Å². The van der Waals surface area contributed by atoms with Crippen molar-refractivity contribution in [3.8, 4) is 0 Å². The van der Waals surface area contributed by atoms with Crippen LogP contribution in [0.25, 0.3) is 0 Å². The number of esters is 2. The average molecular weight is 467 g/mol. The highest BCUT2D eigenvalue weighted by Gasteiger charge is 2.32. The van der Waals surface area contributed by atoms with Crippen LogP contribution in [0.5, 0.6) is 0 Å². The Bertz CT molecular complexity index is 488. The van der Waals surface area contributed by atoms with Crippen molar-refractivity contribution in [2.24, 2.45) is 17.8 Å². The third-order valence-corrected chi connectivity index (χ3v) is 7.00. The van der Waals surface area contributed by atoms with Gasteiger partial charge < -0.3 is 9.47 Å². The molecule has 2 atom stereocenters. The second-order valence-electron chi connectivity index (χ2n) is 10.7. The predicted molar refractivity (Wildman–Crippen MR) is 137 cm³/mol. The molecule has 1 fully saturated rings. The summed E-state index contributed by atoms with van der Waals surface area (Å²) in [5, 5.41) is 0. The molecule has 194 valence electrons. The minimum Gasteiger partial charge on any atom is -0.465 e. The highest BCUT2D eigenvalue weighted by atomic mass is 16.5. The summed E-state index contributed by atoms with van der Waals surface area (Å²) in [5.74, 6) is 0.340. The van der Waals surface area contributed by atoms with Gasteiger partial charge in [0.05, 0.1) is 25.0 Å². The van der Waals surface area contributed by atoms with Gasteiger partial charge in [-0.3, -0.25) is 9.59 Å². The molecule has 0 aliphatic heterocycles. The summed E-state index contributed by atoms with van der Waals surface area (Å²) in [5.41, 5.74) is 0. The summed E-state index contributed by atoms with van der Waals surface area (Å²) in [7, 11) is 0. The molecule has 0 N–H and O–H groups in total. The number of hydrogen-bond donors (Lipinski definition) is 0. The van der Waals surface area contributed by atoms with Crippen LogP contribution in [0.15, 0.2) is 0 Å². The summed E-state index contributed by atoms with van der Waals surface area (Å²) < 4.78 is 11.1. The van der Waals surface area contributed by atoms with Crippen LogP contribution in [0.2, 0.25) is 0 Å². The van der Waals surface area contributed by atoms with Gasteiger partial charge in [-0.05, 0) is 38.0 Å². The second kappa shape index (κ2) is 20.3. The zero-order chi connectivity index (χ0) is 24.2. The van der Waals surface area contributed by atoms with Gasteiger partial charge in [0, 0.05) is 0 Å². The van der Waals surface area contributed by atoms with Crippen LogP contribution in [0.1, 0.15) is 143 Å². The highest BCUT2D eigenvalue weighted by Crippen LogP contribution is 2.31. The number of carbonyl (C=O) groups excluding carboxylic acids is 2. The first-order valence-corrected chi connectivity index (χ1v) is 14.4. The monoisotopic (exact) mass is 466 g/mol. The molecule has 1 aliphatic carbocycles. The van der Waals surface area contributed by atoms with E-state index < -0.39 is 0 Å². The molecule has 0 radical (unpaired) electrons. The summed E-state index contributed by atoms with van der Waals surface area (Å²) in [6.45, 7) is 7.85. The van der Waals surface area contributed by atoms with Crippen molar-refractivity contribution in [3.63, 3.8) is 0 Å². The maximum atomic E-state index is 12.5. The first-order valence-electron chi connectivity index (χ1n) is 14.4. The van der Waals surface area contributed by atoms with E-state index in [1.54, 1.807) is 0 Å². The smallest absolute Gasteiger partial charge is 0.308 e. The quantitative estimate of drug-likeness (QED) is 0.133. The SMILES string of the molecule is CCCCCCCCCCOC(=O)C1CCCC(C(=O)OCCCCCCCCC(C)C)C1. The van der Waals surface area contributed by atoms with Crippen molar-refractivity contribution in [2.75, 3.05) is 13.2 Å².